The molecule has 1 aromatic carbocycles. The maximum absolute atomic E-state index is 9.11. The number of aliphatic hydroxyl groups is 1. The van der Waals surface area contributed by atoms with Gasteiger partial charge >= 0.3 is 0 Å². The van der Waals surface area contributed by atoms with Gasteiger partial charge < -0.3 is 14.6 Å². The van der Waals surface area contributed by atoms with Crippen LogP contribution >= 0.6 is 0 Å². The highest BCUT2D eigenvalue weighted by Crippen LogP contribution is 2.28. The van der Waals surface area contributed by atoms with Crippen LogP contribution in [0.3, 0.4) is 0 Å². The van der Waals surface area contributed by atoms with Crippen LogP contribution in [0.1, 0.15) is 11.4 Å². The lowest BCUT2D eigenvalue weighted by Gasteiger charge is -2.09. The first-order valence-electron chi connectivity index (χ1n) is 6.79. The van der Waals surface area contributed by atoms with Crippen molar-refractivity contribution in [2.45, 2.75) is 13.2 Å². The van der Waals surface area contributed by atoms with Crippen LogP contribution < -0.4 is 9.47 Å². The predicted molar refractivity (Wildman–Crippen MR) is 80.6 cm³/mol. The summed E-state index contributed by atoms with van der Waals surface area (Å²) >= 11 is 0. The summed E-state index contributed by atoms with van der Waals surface area (Å²) in [4.78, 5) is 4.27. The maximum Gasteiger partial charge on any atom is 0.242 e. The molecular formula is C16H15N3O3. The van der Waals surface area contributed by atoms with E-state index in [2.05, 4.69) is 15.2 Å². The third kappa shape index (κ3) is 2.82. The summed E-state index contributed by atoms with van der Waals surface area (Å²) in [5, 5.41) is 18.8. The second-order valence-electron chi connectivity index (χ2n) is 4.63. The van der Waals surface area contributed by atoms with Gasteiger partial charge in [0.05, 0.1) is 35.9 Å². The molecule has 0 bridgehead atoms. The minimum absolute atomic E-state index is 0.0981. The van der Waals surface area contributed by atoms with Crippen LogP contribution in [0.2, 0.25) is 0 Å². The van der Waals surface area contributed by atoms with Crippen molar-refractivity contribution >= 4 is 10.8 Å². The monoisotopic (exact) mass is 297 g/mol. The fourth-order valence-electron chi connectivity index (χ4n) is 2.15. The Morgan fingerprint density at radius 3 is 2.32 bits per heavy atom. The fraction of sp³-hybridized carbons (Fsp3) is 0.188. The number of fused-ring (bicyclic) bond motifs is 1. The van der Waals surface area contributed by atoms with Gasteiger partial charge in [-0.1, -0.05) is 18.2 Å². The van der Waals surface area contributed by atoms with Crippen molar-refractivity contribution < 1.29 is 14.6 Å². The van der Waals surface area contributed by atoms with Crippen molar-refractivity contribution in [2.75, 3.05) is 7.11 Å². The van der Waals surface area contributed by atoms with Gasteiger partial charge in [0.1, 0.15) is 6.61 Å². The van der Waals surface area contributed by atoms with Crippen LogP contribution in [0.15, 0.2) is 42.5 Å². The Hall–Kier alpha value is -2.73. The zero-order valence-electron chi connectivity index (χ0n) is 12.1. The van der Waals surface area contributed by atoms with Crippen molar-refractivity contribution in [1.82, 2.24) is 15.2 Å². The number of nitrogens with zero attached hydrogens (tertiary/aromatic N) is 3. The molecule has 2 heterocycles. The first-order chi connectivity index (χ1) is 10.8. The van der Waals surface area contributed by atoms with Gasteiger partial charge in [0.15, 0.2) is 0 Å². The Balaban J connectivity index is 1.88. The van der Waals surface area contributed by atoms with Gasteiger partial charge in [-0.05, 0) is 24.3 Å². The van der Waals surface area contributed by atoms with Crippen LogP contribution in [0, 0.1) is 0 Å². The number of benzene rings is 1. The molecule has 112 valence electrons. The molecule has 0 aliphatic carbocycles. The highest BCUT2D eigenvalue weighted by molar-refractivity contribution is 5.90. The lowest BCUT2D eigenvalue weighted by Crippen LogP contribution is -2.03. The Bertz CT molecular complexity index is 792. The molecule has 0 saturated carbocycles. The molecule has 0 unspecified atom stereocenters. The van der Waals surface area contributed by atoms with E-state index in [1.807, 2.05) is 36.4 Å². The average Bonchev–Trinajstić information content (AvgIpc) is 2.59. The molecule has 22 heavy (non-hydrogen) atoms. The van der Waals surface area contributed by atoms with E-state index in [-0.39, 0.29) is 13.2 Å². The number of ether oxygens (including phenoxy) is 2. The summed E-state index contributed by atoms with van der Waals surface area (Å²) in [5.74, 6) is 0.885. The van der Waals surface area contributed by atoms with Gasteiger partial charge in [-0.15, -0.1) is 10.2 Å². The van der Waals surface area contributed by atoms with Crippen LogP contribution in [-0.4, -0.2) is 27.4 Å². The number of pyridine rings is 1. The van der Waals surface area contributed by atoms with Crippen LogP contribution in [-0.2, 0) is 13.2 Å². The number of methoxy groups -OCH3 is 1. The van der Waals surface area contributed by atoms with E-state index in [9.17, 15) is 0 Å². The minimum atomic E-state index is -0.0981. The third-order valence-electron chi connectivity index (χ3n) is 3.20. The van der Waals surface area contributed by atoms with Crippen molar-refractivity contribution in [3.8, 4) is 11.8 Å². The highest BCUT2D eigenvalue weighted by atomic mass is 16.5. The molecule has 3 aromatic rings. The normalized spacial score (nSPS) is 10.6. The van der Waals surface area contributed by atoms with E-state index < -0.39 is 0 Å². The SMILES string of the molecule is COc1nnc(OCc2cccc(CO)n2)c2ccccc12. The molecule has 3 rings (SSSR count). The summed E-state index contributed by atoms with van der Waals surface area (Å²) in [6.45, 7) is 0.151. The number of aromatic nitrogens is 3. The molecule has 1 N–H and O–H groups in total. The zero-order valence-corrected chi connectivity index (χ0v) is 12.1. The molecule has 6 heteroatoms. The summed E-state index contributed by atoms with van der Waals surface area (Å²) in [7, 11) is 1.56. The molecule has 0 radical (unpaired) electrons. The molecule has 0 atom stereocenters. The molecule has 0 amide bonds. The van der Waals surface area contributed by atoms with Gasteiger partial charge in [0.25, 0.3) is 0 Å². The van der Waals surface area contributed by atoms with Crippen molar-refractivity contribution in [2.24, 2.45) is 0 Å². The van der Waals surface area contributed by atoms with Gasteiger partial charge in [-0.2, -0.15) is 0 Å². The summed E-state index contributed by atoms with van der Waals surface area (Å²) in [6.07, 6.45) is 0. The molecule has 6 nitrogen and oxygen atoms in total. The fourth-order valence-corrected chi connectivity index (χ4v) is 2.15. The van der Waals surface area contributed by atoms with Crippen molar-refractivity contribution in [3.63, 3.8) is 0 Å². The number of hydrogen-bond acceptors (Lipinski definition) is 6. The molecule has 0 spiro atoms. The van der Waals surface area contributed by atoms with E-state index in [4.69, 9.17) is 14.6 Å². The quantitative estimate of drug-likeness (QED) is 0.777. The number of rotatable bonds is 5. The Morgan fingerprint density at radius 2 is 1.59 bits per heavy atom. The lowest BCUT2D eigenvalue weighted by molar-refractivity contribution is 0.270. The lowest BCUT2D eigenvalue weighted by atomic mass is 10.2. The van der Waals surface area contributed by atoms with Gasteiger partial charge in [-0.25, -0.2) is 0 Å². The molecule has 2 aromatic heterocycles. The Labute approximate surface area is 127 Å². The van der Waals surface area contributed by atoms with Gasteiger partial charge in [0.2, 0.25) is 11.8 Å². The largest absolute Gasteiger partial charge is 0.479 e. The van der Waals surface area contributed by atoms with E-state index in [1.165, 1.54) is 0 Å². The standard InChI is InChI=1S/C16H15N3O3/c1-21-15-13-7-2-3-8-14(13)16(19-18-15)22-10-12-6-4-5-11(9-20)17-12/h2-8,20H,9-10H2,1H3. The second kappa shape index (κ2) is 6.36. The Kier molecular flexibility index (Phi) is 4.11. The summed E-state index contributed by atoms with van der Waals surface area (Å²) < 4.78 is 10.9. The van der Waals surface area contributed by atoms with Crippen LogP contribution in [0.25, 0.3) is 10.8 Å². The van der Waals surface area contributed by atoms with Gasteiger partial charge in [-0.3, -0.25) is 4.98 Å². The maximum atomic E-state index is 9.11. The molecule has 0 aliphatic rings. The topological polar surface area (TPSA) is 77.4 Å². The van der Waals surface area contributed by atoms with E-state index in [1.54, 1.807) is 13.2 Å². The molecular weight excluding hydrogens is 282 g/mol. The highest BCUT2D eigenvalue weighted by Gasteiger charge is 2.10. The van der Waals surface area contributed by atoms with Crippen molar-refractivity contribution in [1.29, 1.82) is 0 Å². The second-order valence-corrected chi connectivity index (χ2v) is 4.63. The number of hydrogen-bond donors (Lipinski definition) is 1. The number of aliphatic hydroxyl groups excluding tert-OH is 1. The predicted octanol–water partition coefficient (Wildman–Crippen LogP) is 2.10. The average molecular weight is 297 g/mol. The van der Waals surface area contributed by atoms with E-state index in [0.717, 1.165) is 10.8 Å². The molecule has 0 saturated heterocycles. The smallest absolute Gasteiger partial charge is 0.242 e. The first kappa shape index (κ1) is 14.2. The first-order valence-corrected chi connectivity index (χ1v) is 6.79. The summed E-state index contributed by atoms with van der Waals surface area (Å²) in [5.41, 5.74) is 1.32. The van der Waals surface area contributed by atoms with Crippen LogP contribution in [0.5, 0.6) is 11.8 Å². The van der Waals surface area contributed by atoms with E-state index in [0.29, 0.717) is 23.1 Å². The van der Waals surface area contributed by atoms with E-state index >= 15 is 0 Å². The third-order valence-corrected chi connectivity index (χ3v) is 3.20. The van der Waals surface area contributed by atoms with Crippen LogP contribution in [0.4, 0.5) is 0 Å². The van der Waals surface area contributed by atoms with Gasteiger partial charge in [0, 0.05) is 0 Å². The Morgan fingerprint density at radius 1 is 0.909 bits per heavy atom. The van der Waals surface area contributed by atoms with Crippen molar-refractivity contribution in [3.05, 3.63) is 53.9 Å². The summed E-state index contributed by atoms with van der Waals surface area (Å²) in [6, 6.07) is 13.0. The molecule has 0 fully saturated rings. The zero-order chi connectivity index (χ0) is 15.4. The minimum Gasteiger partial charge on any atom is -0.479 e. The molecule has 0 aliphatic heterocycles.